The molecule has 2 aliphatic carbocycles. The van der Waals surface area contributed by atoms with E-state index in [9.17, 15) is 24.3 Å². The molecule has 2 unspecified atom stereocenters. The predicted octanol–water partition coefficient (Wildman–Crippen LogP) is 2.95. The number of methoxy groups -OCH3 is 1. The number of allylic oxidation sites excluding steroid dienone is 6. The number of rotatable bonds is 3. The van der Waals surface area contributed by atoms with Crippen LogP contribution in [0, 0.1) is 0 Å². The minimum absolute atomic E-state index is 0.0749. The number of ketones is 2. The van der Waals surface area contributed by atoms with Crippen molar-refractivity contribution in [3.63, 3.8) is 0 Å². The maximum Gasteiger partial charge on any atom is 0.352 e. The van der Waals surface area contributed by atoms with Gasteiger partial charge in [-0.3, -0.25) is 9.59 Å². The average molecular weight is 609 g/mol. The molecule has 0 amide bonds. The number of para-hydroxylation sites is 2. The Labute approximate surface area is 223 Å². The maximum absolute atomic E-state index is 13.7. The van der Waals surface area contributed by atoms with Crippen LogP contribution in [0.2, 0.25) is 0 Å². The standard InChI is InChI=1S/C27H20IN3O6/c1-37-21-9-5-8-16(24(21)33)22-15-10-11-29-26(35)30(14-6-3-2-4-7-14)27(36)31(29)19(15)12-17-20(32)13-18(28)25(34)23(17)22/h2-10,13,19,22,33H,11-12H2,1H3. The topological polar surface area (TPSA) is 113 Å². The Balaban J connectivity index is 1.61. The van der Waals surface area contributed by atoms with E-state index in [1.807, 2.05) is 28.7 Å². The molecule has 1 aliphatic heterocycles. The van der Waals surface area contributed by atoms with Crippen molar-refractivity contribution < 1.29 is 19.4 Å². The number of carbonyl (C=O) groups is 2. The van der Waals surface area contributed by atoms with E-state index in [0.29, 0.717) is 16.8 Å². The van der Waals surface area contributed by atoms with Gasteiger partial charge in [-0.25, -0.2) is 23.5 Å². The van der Waals surface area contributed by atoms with Gasteiger partial charge in [0.15, 0.2) is 23.1 Å². The molecule has 0 fully saturated rings. The minimum atomic E-state index is -0.797. The lowest BCUT2D eigenvalue weighted by atomic mass is 9.68. The van der Waals surface area contributed by atoms with Gasteiger partial charge in [0, 0.05) is 35.1 Å². The molecule has 0 saturated heterocycles. The minimum Gasteiger partial charge on any atom is -0.504 e. The molecule has 0 radical (unpaired) electrons. The van der Waals surface area contributed by atoms with Gasteiger partial charge >= 0.3 is 11.4 Å². The normalized spacial score (nSPS) is 20.6. The summed E-state index contributed by atoms with van der Waals surface area (Å²) in [6.07, 6.45) is 3.19. The number of fused-ring (bicyclic) bond motifs is 3. The van der Waals surface area contributed by atoms with Gasteiger partial charge in [-0.2, -0.15) is 0 Å². The highest BCUT2D eigenvalue weighted by Gasteiger charge is 2.46. The fourth-order valence-electron chi connectivity index (χ4n) is 5.56. The number of phenolic OH excluding ortho intramolecular Hbond substituents is 1. The molecule has 37 heavy (non-hydrogen) atoms. The second-order valence-corrected chi connectivity index (χ2v) is 10.2. The van der Waals surface area contributed by atoms with E-state index in [4.69, 9.17) is 4.74 Å². The van der Waals surface area contributed by atoms with E-state index < -0.39 is 23.3 Å². The smallest absolute Gasteiger partial charge is 0.352 e. The van der Waals surface area contributed by atoms with Crippen LogP contribution in [0.15, 0.2) is 90.6 Å². The fraction of sp³-hybridized carbons (Fsp3) is 0.185. The monoisotopic (exact) mass is 609 g/mol. The van der Waals surface area contributed by atoms with Crippen LogP contribution < -0.4 is 16.1 Å². The molecule has 3 aromatic rings. The van der Waals surface area contributed by atoms with Crippen molar-refractivity contribution in [2.75, 3.05) is 7.11 Å². The number of benzene rings is 2. The third kappa shape index (κ3) is 3.35. The van der Waals surface area contributed by atoms with Crippen LogP contribution in [0.25, 0.3) is 5.69 Å². The van der Waals surface area contributed by atoms with Crippen LogP contribution in [0.1, 0.15) is 23.9 Å². The van der Waals surface area contributed by atoms with Crippen molar-refractivity contribution in [1.82, 2.24) is 13.9 Å². The number of aromatic nitrogens is 3. The first-order valence-corrected chi connectivity index (χ1v) is 12.7. The number of halogens is 1. The Hall–Kier alpha value is -3.93. The van der Waals surface area contributed by atoms with Crippen molar-refractivity contribution in [1.29, 1.82) is 0 Å². The Morgan fingerprint density at radius 1 is 1.00 bits per heavy atom. The molecule has 1 N–H and O–H groups in total. The third-order valence-electron chi connectivity index (χ3n) is 7.18. The van der Waals surface area contributed by atoms with E-state index in [-0.39, 0.29) is 50.8 Å². The van der Waals surface area contributed by atoms with E-state index in [2.05, 4.69) is 0 Å². The lowest BCUT2D eigenvalue weighted by Gasteiger charge is -2.39. The lowest BCUT2D eigenvalue weighted by molar-refractivity contribution is -0.115. The van der Waals surface area contributed by atoms with Crippen molar-refractivity contribution in [2.45, 2.75) is 24.9 Å². The second kappa shape index (κ2) is 8.58. The molecular weight excluding hydrogens is 589 g/mol. The van der Waals surface area contributed by atoms with Gasteiger partial charge < -0.3 is 9.84 Å². The summed E-state index contributed by atoms with van der Waals surface area (Å²) in [6.45, 7) is 0.0959. The van der Waals surface area contributed by atoms with E-state index in [1.165, 1.54) is 22.5 Å². The van der Waals surface area contributed by atoms with Crippen LogP contribution in [0.5, 0.6) is 11.5 Å². The molecule has 2 atom stereocenters. The predicted molar refractivity (Wildman–Crippen MR) is 143 cm³/mol. The Morgan fingerprint density at radius 3 is 2.49 bits per heavy atom. The van der Waals surface area contributed by atoms with Gasteiger partial charge in [0.05, 0.1) is 29.0 Å². The van der Waals surface area contributed by atoms with E-state index >= 15 is 0 Å². The summed E-state index contributed by atoms with van der Waals surface area (Å²) in [4.78, 5) is 53.6. The van der Waals surface area contributed by atoms with Crippen LogP contribution in [-0.2, 0) is 16.1 Å². The lowest BCUT2D eigenvalue weighted by Crippen LogP contribution is -2.40. The van der Waals surface area contributed by atoms with Gasteiger partial charge in [0.1, 0.15) is 0 Å². The fourth-order valence-corrected chi connectivity index (χ4v) is 6.13. The highest BCUT2D eigenvalue weighted by atomic mass is 127. The van der Waals surface area contributed by atoms with Crippen LogP contribution >= 0.6 is 22.6 Å². The van der Waals surface area contributed by atoms with Gasteiger partial charge in [-0.15, -0.1) is 0 Å². The van der Waals surface area contributed by atoms with Crippen LogP contribution in [-0.4, -0.2) is 37.7 Å². The summed E-state index contributed by atoms with van der Waals surface area (Å²) < 4.78 is 9.43. The zero-order chi connectivity index (χ0) is 26.0. The molecular formula is C27H20IN3O6. The van der Waals surface area contributed by atoms with E-state index in [1.54, 1.807) is 48.5 Å². The Kier molecular flexibility index (Phi) is 5.44. The summed E-state index contributed by atoms with van der Waals surface area (Å²) >= 11 is 1.85. The molecule has 2 aromatic carbocycles. The summed E-state index contributed by atoms with van der Waals surface area (Å²) in [7, 11) is 1.43. The average Bonchev–Trinajstić information content (AvgIpc) is 3.16. The van der Waals surface area contributed by atoms with Gasteiger partial charge in [0.25, 0.3) is 0 Å². The highest BCUT2D eigenvalue weighted by Crippen LogP contribution is 2.52. The van der Waals surface area contributed by atoms with Crippen molar-refractivity contribution in [2.24, 2.45) is 0 Å². The molecule has 0 saturated carbocycles. The number of hydrogen-bond acceptors (Lipinski definition) is 6. The quantitative estimate of drug-likeness (QED) is 0.278. The van der Waals surface area contributed by atoms with Gasteiger partial charge in [-0.05, 0) is 46.4 Å². The first-order valence-electron chi connectivity index (χ1n) is 11.6. The molecule has 2 heterocycles. The summed E-state index contributed by atoms with van der Waals surface area (Å²) in [5, 5.41) is 11.1. The number of carbonyl (C=O) groups excluding carboxylic acids is 2. The molecule has 0 spiro atoms. The molecule has 6 rings (SSSR count). The molecule has 0 bridgehead atoms. The molecule has 186 valence electrons. The zero-order valence-corrected chi connectivity index (χ0v) is 21.7. The number of hydrogen-bond donors (Lipinski definition) is 1. The van der Waals surface area contributed by atoms with Gasteiger partial charge in [0.2, 0.25) is 0 Å². The maximum atomic E-state index is 13.7. The molecule has 9 nitrogen and oxygen atoms in total. The first kappa shape index (κ1) is 23.5. The SMILES string of the molecule is COc1cccc(C2C3=CCn4c(=O)n(-c5ccccc5)c(=O)n4C3CC3=C2C(=O)C(I)=CC3=O)c1O. The molecule has 10 heteroatoms. The van der Waals surface area contributed by atoms with Gasteiger partial charge in [-0.1, -0.05) is 36.4 Å². The summed E-state index contributed by atoms with van der Waals surface area (Å²) in [5.41, 5.74) is 1.03. The third-order valence-corrected chi connectivity index (χ3v) is 7.98. The Bertz CT molecular complexity index is 1720. The van der Waals surface area contributed by atoms with Crippen molar-refractivity contribution >= 4 is 34.2 Å². The number of nitrogens with zero attached hydrogens (tertiary/aromatic N) is 3. The Morgan fingerprint density at radius 2 is 1.76 bits per heavy atom. The van der Waals surface area contributed by atoms with Crippen molar-refractivity contribution in [3.8, 4) is 17.2 Å². The zero-order valence-electron chi connectivity index (χ0n) is 19.6. The number of Topliss-reactive ketones (excluding diaryl/α,β-unsaturated/α-hetero) is 1. The molecule has 1 aromatic heterocycles. The first-order chi connectivity index (χ1) is 17.8. The second-order valence-electron chi connectivity index (χ2n) is 9.00. The van der Waals surface area contributed by atoms with E-state index in [0.717, 1.165) is 4.57 Å². The highest BCUT2D eigenvalue weighted by molar-refractivity contribution is 14.1. The largest absolute Gasteiger partial charge is 0.504 e. The number of ether oxygens (including phenoxy) is 1. The molecule has 3 aliphatic rings. The number of aromatic hydroxyl groups is 1. The summed E-state index contributed by atoms with van der Waals surface area (Å²) in [6, 6.07) is 12.9. The van der Waals surface area contributed by atoms with Crippen LogP contribution in [0.4, 0.5) is 0 Å². The number of phenols is 1. The van der Waals surface area contributed by atoms with Crippen molar-refractivity contribution in [3.05, 3.63) is 108 Å². The summed E-state index contributed by atoms with van der Waals surface area (Å²) in [5.74, 6) is -1.33. The van der Waals surface area contributed by atoms with Crippen LogP contribution in [0.3, 0.4) is 0 Å².